The molecule has 0 saturated carbocycles. The van der Waals surface area contributed by atoms with Crippen LogP contribution in [0.5, 0.6) is 11.5 Å². The van der Waals surface area contributed by atoms with Gasteiger partial charge in [-0.15, -0.1) is 0 Å². The van der Waals surface area contributed by atoms with Crippen LogP contribution in [-0.4, -0.2) is 35.3 Å². The summed E-state index contributed by atoms with van der Waals surface area (Å²) in [6.07, 6.45) is 3.23. The Morgan fingerprint density at radius 2 is 1.96 bits per heavy atom. The second kappa shape index (κ2) is 8.19. The second-order valence-electron chi connectivity index (χ2n) is 5.48. The molecule has 3 amide bonds. The molecule has 9 nitrogen and oxygen atoms in total. The van der Waals surface area contributed by atoms with Gasteiger partial charge in [-0.3, -0.25) is 14.7 Å². The minimum atomic E-state index is -0.546. The van der Waals surface area contributed by atoms with E-state index >= 15 is 0 Å². The van der Waals surface area contributed by atoms with E-state index in [0.29, 0.717) is 23.9 Å². The first kappa shape index (κ1) is 18.2. The monoisotopic (exact) mass is 369 g/mol. The number of nitrogens with one attached hydrogen (secondary N) is 3. The van der Waals surface area contributed by atoms with Crippen LogP contribution in [-0.2, 0) is 4.84 Å². The van der Waals surface area contributed by atoms with Crippen LogP contribution in [0.2, 0.25) is 0 Å². The Morgan fingerprint density at radius 1 is 1.15 bits per heavy atom. The van der Waals surface area contributed by atoms with Crippen LogP contribution in [0, 0.1) is 0 Å². The largest absolute Gasteiger partial charge is 0.457 e. The minimum absolute atomic E-state index is 0.180. The first-order valence-electron chi connectivity index (χ1n) is 8.24. The lowest BCUT2D eigenvalue weighted by Crippen LogP contribution is -2.27. The zero-order valence-corrected chi connectivity index (χ0v) is 14.9. The van der Waals surface area contributed by atoms with Gasteiger partial charge in [0.1, 0.15) is 17.3 Å². The van der Waals surface area contributed by atoms with E-state index in [4.69, 9.17) is 4.74 Å². The smallest absolute Gasteiger partial charge is 0.344 e. The van der Waals surface area contributed by atoms with Gasteiger partial charge in [0.05, 0.1) is 12.6 Å². The number of ether oxygens (including phenoxy) is 1. The van der Waals surface area contributed by atoms with Gasteiger partial charge in [-0.1, -0.05) is 0 Å². The summed E-state index contributed by atoms with van der Waals surface area (Å²) in [6.45, 7) is 2.42. The van der Waals surface area contributed by atoms with Crippen molar-refractivity contribution in [3.05, 3.63) is 48.8 Å². The first-order valence-corrected chi connectivity index (χ1v) is 8.24. The van der Waals surface area contributed by atoms with Crippen LogP contribution in [0.15, 0.2) is 48.8 Å². The van der Waals surface area contributed by atoms with Gasteiger partial charge in [0.15, 0.2) is 0 Å². The Bertz CT molecular complexity index is 969. The summed E-state index contributed by atoms with van der Waals surface area (Å²) in [4.78, 5) is 32.1. The lowest BCUT2D eigenvalue weighted by atomic mass is 10.2. The fraction of sp³-hybridized carbons (Fsp3) is 0.167. The van der Waals surface area contributed by atoms with Crippen LogP contribution in [0.4, 0.5) is 15.4 Å². The third-order valence-corrected chi connectivity index (χ3v) is 3.61. The van der Waals surface area contributed by atoms with E-state index < -0.39 is 6.03 Å². The number of hydrogen-bond donors (Lipinski definition) is 3. The molecule has 0 atom stereocenters. The predicted octanol–water partition coefficient (Wildman–Crippen LogP) is 3.09. The first-order chi connectivity index (χ1) is 13.1. The van der Waals surface area contributed by atoms with Crippen molar-refractivity contribution < 1.29 is 19.2 Å². The highest BCUT2D eigenvalue weighted by atomic mass is 16.6. The Morgan fingerprint density at radius 3 is 2.74 bits per heavy atom. The van der Waals surface area contributed by atoms with Crippen molar-refractivity contribution in [1.82, 2.24) is 20.3 Å². The van der Waals surface area contributed by atoms with Gasteiger partial charge < -0.3 is 10.1 Å². The maximum Gasteiger partial charge on any atom is 0.344 e. The predicted molar refractivity (Wildman–Crippen MR) is 99.9 cm³/mol. The normalized spacial score (nSPS) is 10.4. The second-order valence-corrected chi connectivity index (χ2v) is 5.48. The van der Waals surface area contributed by atoms with Crippen LogP contribution in [0.25, 0.3) is 10.9 Å². The summed E-state index contributed by atoms with van der Waals surface area (Å²) in [5, 5.41) is 6.14. The average Bonchev–Trinajstić information content (AvgIpc) is 3.05. The molecule has 3 aromatic rings. The van der Waals surface area contributed by atoms with E-state index in [1.807, 2.05) is 25.1 Å². The number of aromatic nitrogens is 2. The molecule has 3 rings (SSSR count). The Balaban J connectivity index is 1.77. The maximum atomic E-state index is 12.0. The third-order valence-electron chi connectivity index (χ3n) is 3.61. The molecule has 140 valence electrons. The molecule has 9 heteroatoms. The molecule has 0 spiro atoms. The molecule has 0 bridgehead atoms. The number of pyridine rings is 1. The molecule has 0 aliphatic heterocycles. The molecule has 0 fully saturated rings. The van der Waals surface area contributed by atoms with Crippen molar-refractivity contribution in [2.45, 2.75) is 6.92 Å². The highest BCUT2D eigenvalue weighted by Crippen LogP contribution is 2.27. The molecule has 1 aromatic carbocycles. The van der Waals surface area contributed by atoms with Gasteiger partial charge >= 0.3 is 12.1 Å². The van der Waals surface area contributed by atoms with Crippen LogP contribution in [0.1, 0.15) is 6.92 Å². The summed E-state index contributed by atoms with van der Waals surface area (Å²) in [5.41, 5.74) is 2.92. The van der Waals surface area contributed by atoms with Crippen molar-refractivity contribution in [2.24, 2.45) is 0 Å². The molecule has 0 radical (unpaired) electrons. The molecular formula is C18H19N5O4. The Labute approximate surface area is 155 Å². The van der Waals surface area contributed by atoms with Crippen molar-refractivity contribution in [3.63, 3.8) is 0 Å². The molecule has 0 unspecified atom stereocenters. The van der Waals surface area contributed by atoms with Crippen molar-refractivity contribution >= 4 is 28.8 Å². The highest BCUT2D eigenvalue weighted by Gasteiger charge is 2.09. The number of urea groups is 1. The number of carbonyl (C=O) groups excluding carboxylic acids is 2. The SMILES string of the molecule is CCNC(=O)n1ccc2cc(Oc3ccnc(NC(=O)NOC)c3)ccc21. The standard InChI is InChI=1S/C18H19N5O4/c1-3-19-18(25)23-9-7-12-10-13(4-5-15(12)23)27-14-6-8-20-16(11-14)21-17(24)22-26-2/h4-11H,3H2,1-2H3,(H,19,25)(H2,20,21,22,24). The Kier molecular flexibility index (Phi) is 5.53. The molecule has 27 heavy (non-hydrogen) atoms. The van der Waals surface area contributed by atoms with Crippen LogP contribution in [0.3, 0.4) is 0 Å². The van der Waals surface area contributed by atoms with Gasteiger partial charge in [0.25, 0.3) is 0 Å². The van der Waals surface area contributed by atoms with E-state index in [9.17, 15) is 9.59 Å². The molecule has 0 saturated heterocycles. The number of carbonyl (C=O) groups is 2. The minimum Gasteiger partial charge on any atom is -0.457 e. The zero-order valence-electron chi connectivity index (χ0n) is 14.9. The fourth-order valence-corrected chi connectivity index (χ4v) is 2.51. The van der Waals surface area contributed by atoms with E-state index in [1.165, 1.54) is 13.3 Å². The summed E-state index contributed by atoms with van der Waals surface area (Å²) < 4.78 is 7.38. The summed E-state index contributed by atoms with van der Waals surface area (Å²) in [7, 11) is 1.34. The van der Waals surface area contributed by atoms with Gasteiger partial charge in [0, 0.05) is 30.4 Å². The quantitative estimate of drug-likeness (QED) is 0.599. The number of nitrogens with zero attached hydrogens (tertiary/aromatic N) is 2. The number of fused-ring (bicyclic) bond motifs is 1. The van der Waals surface area contributed by atoms with Gasteiger partial charge in [0.2, 0.25) is 0 Å². The number of amides is 3. The van der Waals surface area contributed by atoms with E-state index in [2.05, 4.69) is 25.9 Å². The number of benzene rings is 1. The number of hydrogen-bond acceptors (Lipinski definition) is 5. The van der Waals surface area contributed by atoms with E-state index in [1.54, 1.807) is 29.0 Å². The highest BCUT2D eigenvalue weighted by molar-refractivity contribution is 5.92. The molecule has 0 aliphatic carbocycles. The van der Waals surface area contributed by atoms with Crippen molar-refractivity contribution in [2.75, 3.05) is 19.0 Å². The summed E-state index contributed by atoms with van der Waals surface area (Å²) in [5.74, 6) is 1.40. The average molecular weight is 369 g/mol. The Hall–Kier alpha value is -3.59. The van der Waals surface area contributed by atoms with Crippen molar-refractivity contribution in [3.8, 4) is 11.5 Å². The lowest BCUT2D eigenvalue weighted by molar-refractivity contribution is 0.114. The summed E-state index contributed by atoms with van der Waals surface area (Å²) in [6, 6.07) is 9.77. The molecular weight excluding hydrogens is 350 g/mol. The molecule has 2 heterocycles. The topological polar surface area (TPSA) is 107 Å². The summed E-state index contributed by atoms with van der Waals surface area (Å²) >= 11 is 0. The van der Waals surface area contributed by atoms with E-state index in [0.717, 1.165) is 10.9 Å². The molecule has 3 N–H and O–H groups in total. The molecule has 2 aromatic heterocycles. The van der Waals surface area contributed by atoms with Crippen LogP contribution >= 0.6 is 0 Å². The zero-order chi connectivity index (χ0) is 19.2. The third kappa shape index (κ3) is 4.33. The number of hydroxylamine groups is 1. The fourth-order valence-electron chi connectivity index (χ4n) is 2.51. The number of rotatable bonds is 5. The van der Waals surface area contributed by atoms with Gasteiger partial charge in [-0.2, -0.15) is 0 Å². The molecule has 0 aliphatic rings. The van der Waals surface area contributed by atoms with Crippen LogP contribution < -0.4 is 20.9 Å². The van der Waals surface area contributed by atoms with Crippen molar-refractivity contribution in [1.29, 1.82) is 0 Å². The number of anilines is 1. The van der Waals surface area contributed by atoms with E-state index in [-0.39, 0.29) is 6.03 Å². The maximum absolute atomic E-state index is 12.0. The van der Waals surface area contributed by atoms with Gasteiger partial charge in [-0.05, 0) is 37.3 Å². The lowest BCUT2D eigenvalue weighted by Gasteiger charge is -2.09. The van der Waals surface area contributed by atoms with Gasteiger partial charge in [-0.25, -0.2) is 20.1 Å².